The molecule has 27 heavy (non-hydrogen) atoms. The Bertz CT molecular complexity index is 758. The summed E-state index contributed by atoms with van der Waals surface area (Å²) in [7, 11) is 1.59. The zero-order valence-electron chi connectivity index (χ0n) is 15.6. The van der Waals surface area contributed by atoms with Gasteiger partial charge in [0, 0.05) is 25.2 Å². The van der Waals surface area contributed by atoms with Gasteiger partial charge in [-0.05, 0) is 31.2 Å². The van der Waals surface area contributed by atoms with Crippen molar-refractivity contribution < 1.29 is 23.8 Å². The van der Waals surface area contributed by atoms with Crippen molar-refractivity contribution in [2.45, 2.75) is 25.5 Å². The number of hydrogen-bond donors (Lipinski definition) is 0. The van der Waals surface area contributed by atoms with Gasteiger partial charge in [-0.3, -0.25) is 4.79 Å². The lowest BCUT2D eigenvalue weighted by atomic mass is 9.95. The van der Waals surface area contributed by atoms with Crippen molar-refractivity contribution >= 4 is 17.7 Å². The van der Waals surface area contributed by atoms with Gasteiger partial charge in [0.15, 0.2) is 6.10 Å². The van der Waals surface area contributed by atoms with Crippen LogP contribution in [0.2, 0.25) is 0 Å². The van der Waals surface area contributed by atoms with E-state index in [9.17, 15) is 9.59 Å². The topological polar surface area (TPSA) is 68.3 Å². The highest BCUT2D eigenvalue weighted by Crippen LogP contribution is 2.33. The molecule has 0 N–H and O–H groups in total. The number of amides is 2. The molecule has 3 rings (SSSR count). The van der Waals surface area contributed by atoms with Crippen LogP contribution in [-0.4, -0.2) is 55.9 Å². The lowest BCUT2D eigenvalue weighted by molar-refractivity contribution is -0.142. The van der Waals surface area contributed by atoms with E-state index in [1.165, 1.54) is 0 Å². The maximum absolute atomic E-state index is 12.7. The van der Waals surface area contributed by atoms with E-state index in [1.807, 2.05) is 19.1 Å². The SMILES string of the molecule is C=C(C)CO[C@H]1C(=O)N(c2ccc(OC)cc2)[C@H]1CN1CCC(=C)OC1=O. The maximum atomic E-state index is 12.7. The Morgan fingerprint density at radius 1 is 1.30 bits per heavy atom. The minimum absolute atomic E-state index is 0.138. The maximum Gasteiger partial charge on any atom is 0.414 e. The van der Waals surface area contributed by atoms with Crippen molar-refractivity contribution in [1.29, 1.82) is 0 Å². The van der Waals surface area contributed by atoms with Crippen LogP contribution < -0.4 is 9.64 Å². The van der Waals surface area contributed by atoms with Crippen molar-refractivity contribution in [1.82, 2.24) is 4.90 Å². The number of β-lactam (4-membered cyclic amide) rings is 1. The number of hydrogen-bond acceptors (Lipinski definition) is 5. The van der Waals surface area contributed by atoms with Gasteiger partial charge in [0.25, 0.3) is 5.91 Å². The smallest absolute Gasteiger partial charge is 0.414 e. The first-order valence-corrected chi connectivity index (χ1v) is 8.78. The first kappa shape index (κ1) is 19.0. The number of rotatable bonds is 7. The van der Waals surface area contributed by atoms with E-state index in [1.54, 1.807) is 29.0 Å². The van der Waals surface area contributed by atoms with Crippen LogP contribution in [0.5, 0.6) is 5.75 Å². The van der Waals surface area contributed by atoms with Gasteiger partial charge in [-0.25, -0.2) is 4.79 Å². The third-order valence-electron chi connectivity index (χ3n) is 4.58. The Morgan fingerprint density at radius 3 is 2.59 bits per heavy atom. The predicted octanol–water partition coefficient (Wildman–Crippen LogP) is 2.73. The Hall–Kier alpha value is -2.80. The van der Waals surface area contributed by atoms with Crippen LogP contribution in [0.15, 0.2) is 48.8 Å². The van der Waals surface area contributed by atoms with Gasteiger partial charge in [0.1, 0.15) is 11.5 Å². The highest BCUT2D eigenvalue weighted by molar-refractivity contribution is 6.05. The molecular weight excluding hydrogens is 348 g/mol. The zero-order chi connectivity index (χ0) is 19.6. The molecule has 0 radical (unpaired) electrons. The van der Waals surface area contributed by atoms with Crippen molar-refractivity contribution in [3.63, 3.8) is 0 Å². The summed E-state index contributed by atoms with van der Waals surface area (Å²) >= 11 is 0. The van der Waals surface area contributed by atoms with Crippen molar-refractivity contribution in [2.24, 2.45) is 0 Å². The summed E-state index contributed by atoms with van der Waals surface area (Å²) in [6.07, 6.45) is -0.493. The fourth-order valence-electron chi connectivity index (χ4n) is 3.15. The average Bonchev–Trinajstić information content (AvgIpc) is 2.63. The highest BCUT2D eigenvalue weighted by atomic mass is 16.6. The third-order valence-corrected chi connectivity index (χ3v) is 4.58. The van der Waals surface area contributed by atoms with Crippen LogP contribution in [0, 0.1) is 0 Å². The Labute approximate surface area is 158 Å². The lowest BCUT2D eigenvalue weighted by Crippen LogP contribution is -2.70. The number of cyclic esters (lactones) is 1. The van der Waals surface area contributed by atoms with Gasteiger partial charge < -0.3 is 24.0 Å². The van der Waals surface area contributed by atoms with E-state index in [2.05, 4.69) is 13.2 Å². The molecule has 1 aromatic carbocycles. The summed E-state index contributed by atoms with van der Waals surface area (Å²) < 4.78 is 16.0. The molecule has 2 heterocycles. The number of nitrogens with zero attached hydrogens (tertiary/aromatic N) is 2. The second-order valence-corrected chi connectivity index (χ2v) is 6.76. The molecule has 2 atom stereocenters. The summed E-state index contributed by atoms with van der Waals surface area (Å²) in [6, 6.07) is 6.91. The molecule has 7 heteroatoms. The number of methoxy groups -OCH3 is 1. The Morgan fingerprint density at radius 2 is 2.00 bits per heavy atom. The van der Waals surface area contributed by atoms with Gasteiger partial charge in [-0.15, -0.1) is 0 Å². The summed E-state index contributed by atoms with van der Waals surface area (Å²) in [5.41, 5.74) is 1.56. The standard InChI is InChI=1S/C20H24N2O5/c1-13(2)12-26-18-17(11-21-10-9-14(3)27-20(21)24)22(19(18)23)15-5-7-16(25-4)8-6-15/h5-8,17-18H,1,3,9-12H2,2,4H3/t17-,18+/m0/s1. The van der Waals surface area contributed by atoms with Crippen molar-refractivity contribution in [2.75, 3.05) is 31.7 Å². The molecule has 144 valence electrons. The second kappa shape index (κ2) is 7.84. The predicted molar refractivity (Wildman–Crippen MR) is 101 cm³/mol. The molecule has 7 nitrogen and oxygen atoms in total. The van der Waals surface area contributed by atoms with Crippen LogP contribution >= 0.6 is 0 Å². The fraction of sp³-hybridized carbons (Fsp3) is 0.400. The number of carbonyl (C=O) groups excluding carboxylic acids is 2. The molecule has 2 fully saturated rings. The van der Waals surface area contributed by atoms with Gasteiger partial charge in [0.05, 0.1) is 19.8 Å². The minimum Gasteiger partial charge on any atom is -0.497 e. The number of benzene rings is 1. The molecule has 2 amide bonds. The molecule has 0 aromatic heterocycles. The summed E-state index contributed by atoms with van der Waals surface area (Å²) in [5, 5.41) is 0. The molecule has 1 aromatic rings. The minimum atomic E-state index is -0.623. The molecule has 2 saturated heterocycles. The van der Waals surface area contributed by atoms with E-state index in [4.69, 9.17) is 14.2 Å². The molecule has 0 saturated carbocycles. The lowest BCUT2D eigenvalue weighted by Gasteiger charge is -2.48. The molecule has 2 aliphatic heterocycles. The van der Waals surface area contributed by atoms with E-state index in [0.29, 0.717) is 37.6 Å². The van der Waals surface area contributed by atoms with Gasteiger partial charge in [-0.1, -0.05) is 18.7 Å². The van der Waals surface area contributed by atoms with E-state index < -0.39 is 12.2 Å². The largest absolute Gasteiger partial charge is 0.497 e. The second-order valence-electron chi connectivity index (χ2n) is 6.76. The molecule has 0 bridgehead atoms. The van der Waals surface area contributed by atoms with Crippen LogP contribution in [0.4, 0.5) is 10.5 Å². The van der Waals surface area contributed by atoms with Gasteiger partial charge in [0.2, 0.25) is 0 Å². The van der Waals surface area contributed by atoms with Crippen LogP contribution in [0.25, 0.3) is 0 Å². The molecule has 0 unspecified atom stereocenters. The quantitative estimate of drug-likeness (QED) is 0.544. The number of carbonyl (C=O) groups is 2. The van der Waals surface area contributed by atoms with Crippen molar-refractivity contribution in [3.8, 4) is 5.75 Å². The number of anilines is 1. The highest BCUT2D eigenvalue weighted by Gasteiger charge is 2.50. The monoisotopic (exact) mass is 372 g/mol. The van der Waals surface area contributed by atoms with E-state index in [-0.39, 0.29) is 11.9 Å². The van der Waals surface area contributed by atoms with Crippen LogP contribution in [-0.2, 0) is 14.3 Å². The van der Waals surface area contributed by atoms with E-state index >= 15 is 0 Å². The first-order valence-electron chi connectivity index (χ1n) is 8.78. The Kier molecular flexibility index (Phi) is 5.51. The summed E-state index contributed by atoms with van der Waals surface area (Å²) in [6.45, 7) is 10.5. The third kappa shape index (κ3) is 3.98. The first-order chi connectivity index (χ1) is 12.9. The van der Waals surface area contributed by atoms with Crippen LogP contribution in [0.1, 0.15) is 13.3 Å². The number of ether oxygens (including phenoxy) is 3. The Balaban J connectivity index is 1.78. The molecular formula is C20H24N2O5. The fourth-order valence-corrected chi connectivity index (χ4v) is 3.15. The molecule has 0 aliphatic carbocycles. The molecule has 0 spiro atoms. The van der Waals surface area contributed by atoms with E-state index in [0.717, 1.165) is 11.3 Å². The summed E-state index contributed by atoms with van der Waals surface area (Å²) in [4.78, 5) is 28.1. The molecule has 2 aliphatic rings. The van der Waals surface area contributed by atoms with Gasteiger partial charge >= 0.3 is 6.09 Å². The van der Waals surface area contributed by atoms with Crippen LogP contribution in [0.3, 0.4) is 0 Å². The normalized spacial score (nSPS) is 22.4. The average molecular weight is 372 g/mol. The van der Waals surface area contributed by atoms with Gasteiger partial charge in [-0.2, -0.15) is 0 Å². The zero-order valence-corrected chi connectivity index (χ0v) is 15.6. The van der Waals surface area contributed by atoms with Crippen molar-refractivity contribution in [3.05, 3.63) is 48.8 Å². The summed E-state index contributed by atoms with van der Waals surface area (Å²) in [5.74, 6) is 1.03.